The molecule has 3 nitrogen and oxygen atoms in total. The Morgan fingerprint density at radius 1 is 0.700 bits per heavy atom. The highest BCUT2D eigenvalue weighted by atomic mass is 16.5. The Labute approximate surface area is 117 Å². The number of rotatable bonds is 3. The number of fused-ring (bicyclic) bond motifs is 3. The first-order chi connectivity index (χ1) is 9.80. The van der Waals surface area contributed by atoms with Crippen molar-refractivity contribution in [3.05, 3.63) is 42.5 Å². The van der Waals surface area contributed by atoms with Crippen LogP contribution in [0.3, 0.4) is 0 Å². The largest absolute Gasteiger partial charge is 0.493 e. The van der Waals surface area contributed by atoms with Gasteiger partial charge in [0.15, 0.2) is 11.5 Å². The third kappa shape index (κ3) is 1.74. The van der Waals surface area contributed by atoms with Gasteiger partial charge in [-0.3, -0.25) is 0 Å². The molecule has 102 valence electrons. The number of ether oxygens (including phenoxy) is 3. The van der Waals surface area contributed by atoms with Crippen molar-refractivity contribution in [3.8, 4) is 17.2 Å². The number of benzene rings is 3. The van der Waals surface area contributed by atoms with E-state index in [1.807, 2.05) is 18.2 Å². The Bertz CT molecular complexity index is 778. The summed E-state index contributed by atoms with van der Waals surface area (Å²) in [6.07, 6.45) is 0. The van der Waals surface area contributed by atoms with E-state index < -0.39 is 0 Å². The molecule has 0 N–H and O–H groups in total. The molecule has 0 heterocycles. The Morgan fingerprint density at radius 2 is 1.40 bits per heavy atom. The lowest BCUT2D eigenvalue weighted by atomic mass is 10.0. The third-order valence-electron chi connectivity index (χ3n) is 3.53. The first-order valence-electron chi connectivity index (χ1n) is 6.40. The van der Waals surface area contributed by atoms with Gasteiger partial charge in [-0.1, -0.05) is 36.4 Å². The second-order valence-corrected chi connectivity index (χ2v) is 4.53. The number of hydrogen-bond donors (Lipinski definition) is 0. The zero-order chi connectivity index (χ0) is 14.1. The quantitative estimate of drug-likeness (QED) is 0.671. The Morgan fingerprint density at radius 3 is 2.10 bits per heavy atom. The fourth-order valence-corrected chi connectivity index (χ4v) is 2.63. The molecule has 0 aliphatic rings. The van der Waals surface area contributed by atoms with Gasteiger partial charge in [-0.2, -0.15) is 0 Å². The van der Waals surface area contributed by atoms with E-state index >= 15 is 0 Å². The second-order valence-electron chi connectivity index (χ2n) is 4.53. The van der Waals surface area contributed by atoms with Gasteiger partial charge >= 0.3 is 0 Å². The van der Waals surface area contributed by atoms with Crippen molar-refractivity contribution in [1.82, 2.24) is 0 Å². The van der Waals surface area contributed by atoms with Crippen LogP contribution in [0.4, 0.5) is 0 Å². The van der Waals surface area contributed by atoms with Gasteiger partial charge < -0.3 is 14.2 Å². The molecule has 0 bridgehead atoms. The predicted octanol–water partition coefficient (Wildman–Crippen LogP) is 4.02. The van der Waals surface area contributed by atoms with E-state index in [1.165, 1.54) is 5.39 Å². The number of methoxy groups -OCH3 is 3. The van der Waals surface area contributed by atoms with Crippen LogP contribution in [0.5, 0.6) is 17.2 Å². The molecule has 0 aromatic heterocycles. The summed E-state index contributed by atoms with van der Waals surface area (Å²) in [5.74, 6) is 2.00. The second kappa shape index (κ2) is 4.93. The summed E-state index contributed by atoms with van der Waals surface area (Å²) < 4.78 is 16.5. The average Bonchev–Trinajstić information content (AvgIpc) is 2.52. The Hall–Kier alpha value is -2.42. The van der Waals surface area contributed by atoms with Crippen LogP contribution in [0.15, 0.2) is 42.5 Å². The zero-order valence-corrected chi connectivity index (χ0v) is 11.8. The lowest BCUT2D eigenvalue weighted by Gasteiger charge is -2.16. The molecule has 0 fully saturated rings. The third-order valence-corrected chi connectivity index (χ3v) is 3.53. The van der Waals surface area contributed by atoms with E-state index in [0.717, 1.165) is 16.2 Å². The SMILES string of the molecule is COc1cc2ccc3ccccc3c2c(OC)c1OC. The van der Waals surface area contributed by atoms with E-state index in [1.54, 1.807) is 21.3 Å². The van der Waals surface area contributed by atoms with Crippen LogP contribution in [0, 0.1) is 0 Å². The zero-order valence-electron chi connectivity index (χ0n) is 11.8. The number of hydrogen-bond acceptors (Lipinski definition) is 3. The molecular formula is C17H16O3. The molecule has 0 saturated heterocycles. The van der Waals surface area contributed by atoms with E-state index in [-0.39, 0.29) is 0 Å². The van der Waals surface area contributed by atoms with Crippen LogP contribution in [0.2, 0.25) is 0 Å². The van der Waals surface area contributed by atoms with E-state index in [9.17, 15) is 0 Å². The molecule has 0 atom stereocenters. The molecule has 0 aliphatic heterocycles. The van der Waals surface area contributed by atoms with Crippen molar-refractivity contribution in [2.75, 3.05) is 21.3 Å². The average molecular weight is 268 g/mol. The summed E-state index contributed by atoms with van der Waals surface area (Å²) in [6, 6.07) is 14.4. The molecular weight excluding hydrogens is 252 g/mol. The fourth-order valence-electron chi connectivity index (χ4n) is 2.63. The van der Waals surface area contributed by atoms with E-state index in [0.29, 0.717) is 17.2 Å². The molecule has 0 unspecified atom stereocenters. The molecule has 0 amide bonds. The van der Waals surface area contributed by atoms with Crippen LogP contribution in [0.1, 0.15) is 0 Å². The molecule has 3 heteroatoms. The summed E-state index contributed by atoms with van der Waals surface area (Å²) in [4.78, 5) is 0. The summed E-state index contributed by atoms with van der Waals surface area (Å²) in [5, 5.41) is 4.43. The first-order valence-corrected chi connectivity index (χ1v) is 6.40. The minimum atomic E-state index is 0.624. The van der Waals surface area contributed by atoms with E-state index in [4.69, 9.17) is 14.2 Å². The monoisotopic (exact) mass is 268 g/mol. The maximum atomic E-state index is 5.60. The summed E-state index contributed by atoms with van der Waals surface area (Å²) in [7, 11) is 4.90. The van der Waals surface area contributed by atoms with Crippen LogP contribution >= 0.6 is 0 Å². The fraction of sp³-hybridized carbons (Fsp3) is 0.176. The highest BCUT2D eigenvalue weighted by molar-refractivity contribution is 6.12. The van der Waals surface area contributed by atoms with Gasteiger partial charge in [0, 0.05) is 5.39 Å². The van der Waals surface area contributed by atoms with Crippen molar-refractivity contribution in [2.45, 2.75) is 0 Å². The minimum absolute atomic E-state index is 0.624. The van der Waals surface area contributed by atoms with Crippen LogP contribution in [-0.4, -0.2) is 21.3 Å². The van der Waals surface area contributed by atoms with Gasteiger partial charge in [0.05, 0.1) is 21.3 Å². The topological polar surface area (TPSA) is 27.7 Å². The standard InChI is InChI=1S/C17H16O3/c1-18-14-10-12-9-8-11-6-4-5-7-13(11)15(12)17(20-3)16(14)19-2/h4-10H,1-3H3. The van der Waals surface area contributed by atoms with Gasteiger partial charge in [-0.15, -0.1) is 0 Å². The molecule has 0 spiro atoms. The summed E-state index contributed by atoms with van der Waals surface area (Å²) in [5.41, 5.74) is 0. The predicted molar refractivity (Wildman–Crippen MR) is 81.1 cm³/mol. The summed E-state index contributed by atoms with van der Waals surface area (Å²) >= 11 is 0. The lowest BCUT2D eigenvalue weighted by molar-refractivity contribution is 0.327. The van der Waals surface area contributed by atoms with Crippen molar-refractivity contribution in [1.29, 1.82) is 0 Å². The Balaban J connectivity index is 2.53. The van der Waals surface area contributed by atoms with Gasteiger partial charge in [-0.05, 0) is 22.2 Å². The van der Waals surface area contributed by atoms with Crippen LogP contribution in [-0.2, 0) is 0 Å². The smallest absolute Gasteiger partial charge is 0.203 e. The minimum Gasteiger partial charge on any atom is -0.493 e. The molecule has 0 saturated carbocycles. The maximum Gasteiger partial charge on any atom is 0.203 e. The van der Waals surface area contributed by atoms with Gasteiger partial charge in [0.2, 0.25) is 5.75 Å². The van der Waals surface area contributed by atoms with Gasteiger partial charge in [0.1, 0.15) is 0 Å². The van der Waals surface area contributed by atoms with Crippen molar-refractivity contribution in [2.24, 2.45) is 0 Å². The first kappa shape index (κ1) is 12.6. The van der Waals surface area contributed by atoms with E-state index in [2.05, 4.69) is 24.3 Å². The van der Waals surface area contributed by atoms with Gasteiger partial charge in [0.25, 0.3) is 0 Å². The van der Waals surface area contributed by atoms with Crippen molar-refractivity contribution < 1.29 is 14.2 Å². The molecule has 3 aromatic carbocycles. The van der Waals surface area contributed by atoms with Crippen molar-refractivity contribution in [3.63, 3.8) is 0 Å². The highest BCUT2D eigenvalue weighted by Crippen LogP contribution is 2.45. The lowest BCUT2D eigenvalue weighted by Crippen LogP contribution is -1.96. The highest BCUT2D eigenvalue weighted by Gasteiger charge is 2.17. The molecule has 3 aromatic rings. The molecule has 3 rings (SSSR count). The van der Waals surface area contributed by atoms with Crippen molar-refractivity contribution >= 4 is 21.5 Å². The normalized spacial score (nSPS) is 10.8. The Kier molecular flexibility index (Phi) is 3.11. The van der Waals surface area contributed by atoms with Crippen LogP contribution in [0.25, 0.3) is 21.5 Å². The van der Waals surface area contributed by atoms with Crippen LogP contribution < -0.4 is 14.2 Å². The maximum absolute atomic E-state index is 5.60. The molecule has 20 heavy (non-hydrogen) atoms. The molecule has 0 aliphatic carbocycles. The summed E-state index contributed by atoms with van der Waals surface area (Å²) in [6.45, 7) is 0. The van der Waals surface area contributed by atoms with Gasteiger partial charge in [-0.25, -0.2) is 0 Å². The molecule has 0 radical (unpaired) electrons.